The molecule has 0 bridgehead atoms. The van der Waals surface area contributed by atoms with E-state index in [0.717, 1.165) is 5.56 Å². The van der Waals surface area contributed by atoms with Crippen LogP contribution in [0, 0.1) is 0 Å². The maximum absolute atomic E-state index is 11.7. The highest BCUT2D eigenvalue weighted by atomic mass is 79.9. The van der Waals surface area contributed by atoms with E-state index in [9.17, 15) is 4.79 Å². The first-order valence-corrected chi connectivity index (χ1v) is 5.60. The maximum atomic E-state index is 11.7. The van der Waals surface area contributed by atoms with E-state index in [4.69, 9.17) is 0 Å². The first kappa shape index (κ1) is 12.2. The lowest BCUT2D eigenvalue weighted by Crippen LogP contribution is -2.38. The fourth-order valence-electron chi connectivity index (χ4n) is 1.08. The van der Waals surface area contributed by atoms with Crippen LogP contribution in [0.5, 0.6) is 0 Å². The summed E-state index contributed by atoms with van der Waals surface area (Å²) >= 11 is 3.32. The molecule has 0 saturated carbocycles. The van der Waals surface area contributed by atoms with Crippen LogP contribution in [0.15, 0.2) is 24.5 Å². The molecule has 1 atom stereocenters. The number of carbonyl (C=O) groups is 1. The molecule has 15 heavy (non-hydrogen) atoms. The lowest BCUT2D eigenvalue weighted by molar-refractivity contribution is -0.123. The molecule has 82 valence electrons. The zero-order chi connectivity index (χ0) is 11.5. The van der Waals surface area contributed by atoms with Gasteiger partial charge in [0.15, 0.2) is 0 Å². The summed E-state index contributed by atoms with van der Waals surface area (Å²) in [7, 11) is 0. The molecule has 0 unspecified atom stereocenters. The van der Waals surface area contributed by atoms with Gasteiger partial charge in [-0.05, 0) is 32.4 Å². The van der Waals surface area contributed by atoms with E-state index < -0.39 is 4.32 Å². The molecule has 1 rings (SSSR count). The van der Waals surface area contributed by atoms with Gasteiger partial charge in [0.05, 0.1) is 10.4 Å². The minimum Gasteiger partial charge on any atom is -0.348 e. The quantitative estimate of drug-likeness (QED) is 0.858. The van der Waals surface area contributed by atoms with Gasteiger partial charge in [0.2, 0.25) is 5.91 Å². The molecule has 0 aliphatic heterocycles. The van der Waals surface area contributed by atoms with Gasteiger partial charge in [-0.1, -0.05) is 22.0 Å². The Morgan fingerprint density at radius 1 is 1.60 bits per heavy atom. The molecule has 0 aliphatic rings. The zero-order valence-electron chi connectivity index (χ0n) is 9.12. The second kappa shape index (κ2) is 4.75. The number of aromatic nitrogens is 1. The van der Waals surface area contributed by atoms with Gasteiger partial charge in [-0.25, -0.2) is 0 Å². The molecule has 1 heterocycles. The van der Waals surface area contributed by atoms with Crippen LogP contribution in [0.3, 0.4) is 0 Å². The number of carbonyl (C=O) groups excluding carboxylic acids is 1. The smallest absolute Gasteiger partial charge is 0.236 e. The Labute approximate surface area is 98.4 Å². The molecule has 0 aromatic carbocycles. The lowest BCUT2D eigenvalue weighted by Gasteiger charge is -2.20. The third-order valence-corrected chi connectivity index (χ3v) is 2.43. The Hall–Kier alpha value is -0.900. The summed E-state index contributed by atoms with van der Waals surface area (Å²) in [4.78, 5) is 15.7. The van der Waals surface area contributed by atoms with Gasteiger partial charge in [0.25, 0.3) is 0 Å². The van der Waals surface area contributed by atoms with Gasteiger partial charge in [-0.3, -0.25) is 9.78 Å². The molecule has 0 saturated heterocycles. The van der Waals surface area contributed by atoms with Crippen molar-refractivity contribution in [1.82, 2.24) is 10.3 Å². The number of hydrogen-bond donors (Lipinski definition) is 1. The van der Waals surface area contributed by atoms with Gasteiger partial charge in [-0.2, -0.15) is 0 Å². The fraction of sp³-hybridized carbons (Fsp3) is 0.455. The predicted octanol–water partition coefficient (Wildman–Crippen LogP) is 2.43. The van der Waals surface area contributed by atoms with Crippen LogP contribution in [-0.2, 0) is 4.79 Å². The standard InChI is InChI=1S/C11H15BrN2O/c1-8(9-5-4-6-13-7-9)14-10(15)11(2,3)12/h4-8H,1-3H3,(H,14,15)/t8-/m1/s1. The van der Waals surface area contributed by atoms with Crippen LogP contribution in [0.1, 0.15) is 32.4 Å². The highest BCUT2D eigenvalue weighted by molar-refractivity contribution is 9.10. The topological polar surface area (TPSA) is 42.0 Å². The van der Waals surface area contributed by atoms with Crippen LogP contribution in [0.25, 0.3) is 0 Å². The van der Waals surface area contributed by atoms with Gasteiger partial charge in [0, 0.05) is 12.4 Å². The number of halogens is 1. The summed E-state index contributed by atoms with van der Waals surface area (Å²) in [5, 5.41) is 2.91. The van der Waals surface area contributed by atoms with Crippen LogP contribution >= 0.6 is 15.9 Å². The van der Waals surface area contributed by atoms with Crippen molar-refractivity contribution in [2.75, 3.05) is 0 Å². The average molecular weight is 271 g/mol. The molecule has 1 amide bonds. The zero-order valence-corrected chi connectivity index (χ0v) is 10.7. The molecule has 1 aromatic rings. The van der Waals surface area contributed by atoms with Crippen LogP contribution < -0.4 is 5.32 Å². The van der Waals surface area contributed by atoms with Gasteiger partial charge >= 0.3 is 0 Å². The number of nitrogens with zero attached hydrogens (tertiary/aromatic N) is 1. The van der Waals surface area contributed by atoms with Gasteiger partial charge in [0.1, 0.15) is 0 Å². The van der Waals surface area contributed by atoms with Crippen molar-refractivity contribution in [2.24, 2.45) is 0 Å². The summed E-state index contributed by atoms with van der Waals surface area (Å²) in [5.41, 5.74) is 1.00. The van der Waals surface area contributed by atoms with Gasteiger partial charge < -0.3 is 5.32 Å². The Morgan fingerprint density at radius 2 is 2.27 bits per heavy atom. The Bertz CT molecular complexity index is 332. The van der Waals surface area contributed by atoms with Crippen molar-refractivity contribution in [2.45, 2.75) is 31.1 Å². The number of hydrogen-bond acceptors (Lipinski definition) is 2. The third-order valence-electron chi connectivity index (χ3n) is 2.07. The molecule has 0 fully saturated rings. The van der Waals surface area contributed by atoms with E-state index in [1.54, 1.807) is 12.4 Å². The van der Waals surface area contributed by atoms with E-state index in [0.29, 0.717) is 0 Å². The molecular weight excluding hydrogens is 256 g/mol. The minimum atomic E-state index is -0.538. The van der Waals surface area contributed by atoms with E-state index in [1.165, 1.54) is 0 Å². The van der Waals surface area contributed by atoms with Crippen LogP contribution in [-0.4, -0.2) is 15.2 Å². The van der Waals surface area contributed by atoms with Crippen LogP contribution in [0.2, 0.25) is 0 Å². The molecule has 0 spiro atoms. The largest absolute Gasteiger partial charge is 0.348 e. The molecular formula is C11H15BrN2O. The highest BCUT2D eigenvalue weighted by Crippen LogP contribution is 2.18. The lowest BCUT2D eigenvalue weighted by atomic mass is 10.1. The third kappa shape index (κ3) is 3.63. The summed E-state index contributed by atoms with van der Waals surface area (Å²) < 4.78 is -0.538. The van der Waals surface area contributed by atoms with E-state index in [2.05, 4.69) is 26.2 Å². The van der Waals surface area contributed by atoms with E-state index in [1.807, 2.05) is 32.9 Å². The molecule has 1 aromatic heterocycles. The van der Waals surface area contributed by atoms with Gasteiger partial charge in [-0.15, -0.1) is 0 Å². The number of pyridine rings is 1. The Balaban J connectivity index is 2.65. The molecule has 4 heteroatoms. The maximum Gasteiger partial charge on any atom is 0.236 e. The van der Waals surface area contributed by atoms with E-state index in [-0.39, 0.29) is 11.9 Å². The van der Waals surface area contributed by atoms with Crippen molar-refractivity contribution >= 4 is 21.8 Å². The monoisotopic (exact) mass is 270 g/mol. The molecule has 3 nitrogen and oxygen atoms in total. The number of nitrogens with one attached hydrogen (secondary N) is 1. The fourth-order valence-corrected chi connectivity index (χ4v) is 1.20. The minimum absolute atomic E-state index is 0.0250. The van der Waals surface area contributed by atoms with E-state index >= 15 is 0 Å². The number of rotatable bonds is 3. The first-order valence-electron chi connectivity index (χ1n) is 4.81. The molecule has 0 radical (unpaired) electrons. The summed E-state index contributed by atoms with van der Waals surface area (Å²) in [5.74, 6) is -0.0288. The van der Waals surface area contributed by atoms with Crippen molar-refractivity contribution < 1.29 is 4.79 Å². The van der Waals surface area contributed by atoms with Crippen molar-refractivity contribution in [3.05, 3.63) is 30.1 Å². The second-order valence-corrected chi connectivity index (χ2v) is 5.94. The van der Waals surface area contributed by atoms with Crippen LogP contribution in [0.4, 0.5) is 0 Å². The second-order valence-electron chi connectivity index (χ2n) is 3.95. The summed E-state index contributed by atoms with van der Waals surface area (Å²) in [6.07, 6.45) is 3.47. The number of alkyl halides is 1. The summed E-state index contributed by atoms with van der Waals surface area (Å²) in [6, 6.07) is 3.78. The number of amides is 1. The highest BCUT2D eigenvalue weighted by Gasteiger charge is 2.24. The average Bonchev–Trinajstić information content (AvgIpc) is 2.17. The van der Waals surface area contributed by atoms with Crippen molar-refractivity contribution in [3.8, 4) is 0 Å². The first-order chi connectivity index (χ1) is 6.91. The molecule has 0 aliphatic carbocycles. The normalized spacial score (nSPS) is 13.3. The predicted molar refractivity (Wildman–Crippen MR) is 63.8 cm³/mol. The van der Waals surface area contributed by atoms with Crippen molar-refractivity contribution in [1.29, 1.82) is 0 Å². The Kier molecular flexibility index (Phi) is 3.85. The SMILES string of the molecule is C[C@@H](NC(=O)C(C)(C)Br)c1cccnc1. The van der Waals surface area contributed by atoms with Crippen molar-refractivity contribution in [3.63, 3.8) is 0 Å². The summed E-state index contributed by atoms with van der Waals surface area (Å²) in [6.45, 7) is 5.57. The Morgan fingerprint density at radius 3 is 2.73 bits per heavy atom. The molecule has 1 N–H and O–H groups in total.